The largest absolute Gasteiger partial charge is 0.484 e. The van der Waals surface area contributed by atoms with Crippen LogP contribution >= 0.6 is 0 Å². The molecule has 2 aliphatic carbocycles. The Morgan fingerprint density at radius 1 is 1.38 bits per heavy atom. The van der Waals surface area contributed by atoms with E-state index in [1.807, 2.05) is 0 Å². The summed E-state index contributed by atoms with van der Waals surface area (Å²) in [5, 5.41) is 18.5. The predicted molar refractivity (Wildman–Crippen MR) is 52.9 cm³/mol. The number of fused-ring (bicyclic) bond motifs is 2. The van der Waals surface area contributed by atoms with Crippen LogP contribution in [-0.2, 0) is 0 Å². The molecule has 0 aromatic heterocycles. The number of rotatable bonds is 1. The van der Waals surface area contributed by atoms with Gasteiger partial charge in [0, 0.05) is 0 Å². The number of hydrogen-bond donors (Lipinski definition) is 2. The number of hydrogen-bond acceptors (Lipinski definition) is 2. The summed E-state index contributed by atoms with van der Waals surface area (Å²) in [6.07, 6.45) is 4.36. The van der Waals surface area contributed by atoms with Crippen molar-refractivity contribution in [3.05, 3.63) is 11.5 Å². The molecule has 0 radical (unpaired) electrons. The zero-order valence-electron chi connectivity index (χ0n) is 8.54. The summed E-state index contributed by atoms with van der Waals surface area (Å²) < 4.78 is 0. The summed E-state index contributed by atoms with van der Waals surface area (Å²) in [6, 6.07) is 0. The topological polar surface area (TPSA) is 40.5 Å². The van der Waals surface area contributed by atoms with E-state index >= 15 is 0 Å². The molecule has 72 valence electrons. The molecule has 3 heteroatoms. The lowest BCUT2D eigenvalue weighted by atomic mass is 9.58. The summed E-state index contributed by atoms with van der Waals surface area (Å²) in [5.41, 5.74) is 1.05. The minimum absolute atomic E-state index is 0.00579. The molecule has 1 saturated carbocycles. The maximum absolute atomic E-state index is 9.26. The summed E-state index contributed by atoms with van der Waals surface area (Å²) >= 11 is 0. The van der Waals surface area contributed by atoms with Gasteiger partial charge in [0.05, 0.1) is 0 Å². The molecule has 2 N–H and O–H groups in total. The third kappa shape index (κ3) is 0.920. The van der Waals surface area contributed by atoms with Crippen molar-refractivity contribution in [3.63, 3.8) is 0 Å². The highest BCUT2D eigenvalue weighted by molar-refractivity contribution is 6.51. The van der Waals surface area contributed by atoms with Crippen molar-refractivity contribution in [2.24, 2.45) is 16.7 Å². The van der Waals surface area contributed by atoms with Crippen molar-refractivity contribution >= 4 is 7.12 Å². The van der Waals surface area contributed by atoms with E-state index in [-0.39, 0.29) is 10.8 Å². The standard InChI is InChI=1S/C10H17BO2/c1-9(2)7-4-5-10(9,3)8(6-7)11(12)13/h6-7,12-13H,4-5H2,1-3H3/t7?,10-/m0/s1. The lowest BCUT2D eigenvalue weighted by Crippen LogP contribution is -2.35. The van der Waals surface area contributed by atoms with E-state index in [9.17, 15) is 10.0 Å². The normalized spacial score (nSPS) is 40.7. The van der Waals surface area contributed by atoms with Crippen LogP contribution in [0.3, 0.4) is 0 Å². The lowest BCUT2D eigenvalue weighted by molar-refractivity contribution is 0.172. The van der Waals surface area contributed by atoms with Crippen LogP contribution in [0, 0.1) is 16.7 Å². The molecule has 2 nitrogen and oxygen atoms in total. The molecule has 2 aliphatic rings. The molecule has 2 bridgehead atoms. The van der Waals surface area contributed by atoms with Gasteiger partial charge in [0.2, 0.25) is 0 Å². The van der Waals surface area contributed by atoms with Crippen LogP contribution < -0.4 is 0 Å². The fourth-order valence-electron chi connectivity index (χ4n) is 3.12. The average molecular weight is 180 g/mol. The van der Waals surface area contributed by atoms with Crippen LogP contribution in [0.1, 0.15) is 33.6 Å². The van der Waals surface area contributed by atoms with Gasteiger partial charge in [0.25, 0.3) is 0 Å². The average Bonchev–Trinajstić information content (AvgIpc) is 2.34. The molecule has 0 heterocycles. The summed E-state index contributed by atoms with van der Waals surface area (Å²) in [6.45, 7) is 6.62. The molecule has 1 fully saturated rings. The van der Waals surface area contributed by atoms with E-state index in [1.54, 1.807) is 0 Å². The van der Waals surface area contributed by atoms with E-state index in [4.69, 9.17) is 0 Å². The van der Waals surface area contributed by atoms with Crippen LogP contribution in [-0.4, -0.2) is 17.2 Å². The molecule has 1 unspecified atom stereocenters. The van der Waals surface area contributed by atoms with Crippen LogP contribution in [0.25, 0.3) is 0 Å². The minimum atomic E-state index is -1.26. The highest BCUT2D eigenvalue weighted by Crippen LogP contribution is 2.65. The Balaban J connectivity index is 2.43. The Hall–Kier alpha value is -0.275. The van der Waals surface area contributed by atoms with Crippen molar-refractivity contribution in [1.82, 2.24) is 0 Å². The Bertz CT molecular complexity index is 270. The van der Waals surface area contributed by atoms with Gasteiger partial charge in [-0.05, 0) is 35.1 Å². The number of allylic oxidation sites excluding steroid dienone is 2. The van der Waals surface area contributed by atoms with Gasteiger partial charge in [-0.25, -0.2) is 0 Å². The smallest absolute Gasteiger partial charge is 0.423 e. The fourth-order valence-corrected chi connectivity index (χ4v) is 3.12. The van der Waals surface area contributed by atoms with Crippen LogP contribution in [0.2, 0.25) is 0 Å². The second kappa shape index (κ2) is 2.40. The second-order valence-corrected chi connectivity index (χ2v) is 5.19. The molecular formula is C10H17BO2. The predicted octanol–water partition coefficient (Wildman–Crippen LogP) is 1.38. The summed E-state index contributed by atoms with van der Waals surface area (Å²) in [5.74, 6) is 0.536. The van der Waals surface area contributed by atoms with Gasteiger partial charge >= 0.3 is 7.12 Å². The first-order valence-corrected chi connectivity index (χ1v) is 4.98. The zero-order valence-corrected chi connectivity index (χ0v) is 8.54. The van der Waals surface area contributed by atoms with Crippen molar-refractivity contribution in [3.8, 4) is 0 Å². The quantitative estimate of drug-likeness (QED) is 0.598. The molecular weight excluding hydrogens is 163 g/mol. The van der Waals surface area contributed by atoms with Gasteiger partial charge in [-0.1, -0.05) is 26.8 Å². The zero-order chi connectivity index (χ0) is 9.85. The van der Waals surface area contributed by atoms with E-state index in [2.05, 4.69) is 26.8 Å². The highest BCUT2D eigenvalue weighted by Gasteiger charge is 2.58. The van der Waals surface area contributed by atoms with Crippen LogP contribution in [0.5, 0.6) is 0 Å². The SMILES string of the molecule is CC1(C)C2C=C(B(O)O)[C@]1(C)CC2. The van der Waals surface area contributed by atoms with Crippen molar-refractivity contribution in [2.75, 3.05) is 0 Å². The second-order valence-electron chi connectivity index (χ2n) is 5.19. The first-order valence-electron chi connectivity index (χ1n) is 4.98. The molecule has 0 aromatic carbocycles. The van der Waals surface area contributed by atoms with E-state index in [0.29, 0.717) is 5.92 Å². The maximum atomic E-state index is 9.26. The molecule has 0 amide bonds. The van der Waals surface area contributed by atoms with Crippen molar-refractivity contribution < 1.29 is 10.0 Å². The van der Waals surface area contributed by atoms with Crippen LogP contribution in [0.4, 0.5) is 0 Å². The maximum Gasteiger partial charge on any atom is 0.484 e. The van der Waals surface area contributed by atoms with Crippen molar-refractivity contribution in [1.29, 1.82) is 0 Å². The van der Waals surface area contributed by atoms with Gasteiger partial charge in [0.1, 0.15) is 0 Å². The van der Waals surface area contributed by atoms with E-state index in [1.165, 1.54) is 6.42 Å². The monoisotopic (exact) mass is 180 g/mol. The lowest BCUT2D eigenvalue weighted by Gasteiger charge is -2.37. The molecule has 2 rings (SSSR count). The summed E-state index contributed by atoms with van der Waals surface area (Å²) in [7, 11) is -1.26. The first-order chi connectivity index (χ1) is 5.89. The molecule has 0 spiro atoms. The highest BCUT2D eigenvalue weighted by atomic mass is 16.4. The Kier molecular flexibility index (Phi) is 1.71. The van der Waals surface area contributed by atoms with Crippen molar-refractivity contribution in [2.45, 2.75) is 33.6 Å². The minimum Gasteiger partial charge on any atom is -0.423 e. The Morgan fingerprint density at radius 3 is 2.23 bits per heavy atom. The van der Waals surface area contributed by atoms with Gasteiger partial charge < -0.3 is 10.0 Å². The molecule has 0 aliphatic heterocycles. The molecule has 13 heavy (non-hydrogen) atoms. The molecule has 0 saturated heterocycles. The molecule has 0 aromatic rings. The third-order valence-corrected chi connectivity index (χ3v) is 4.60. The van der Waals surface area contributed by atoms with Gasteiger partial charge in [-0.3, -0.25) is 0 Å². The van der Waals surface area contributed by atoms with Gasteiger partial charge in [-0.2, -0.15) is 0 Å². The van der Waals surface area contributed by atoms with E-state index < -0.39 is 7.12 Å². The summed E-state index contributed by atoms with van der Waals surface area (Å²) in [4.78, 5) is 0. The Morgan fingerprint density at radius 2 is 2.00 bits per heavy atom. The molecule has 2 atom stereocenters. The van der Waals surface area contributed by atoms with E-state index in [0.717, 1.165) is 11.9 Å². The fraction of sp³-hybridized carbons (Fsp3) is 0.800. The first kappa shape index (κ1) is 9.29. The van der Waals surface area contributed by atoms with Gasteiger partial charge in [0.15, 0.2) is 0 Å². The van der Waals surface area contributed by atoms with Gasteiger partial charge in [-0.15, -0.1) is 0 Å². The van der Waals surface area contributed by atoms with Crippen LogP contribution in [0.15, 0.2) is 11.5 Å². The third-order valence-electron chi connectivity index (χ3n) is 4.60. The Labute approximate surface area is 79.8 Å².